The molecule has 0 aromatic heterocycles. The molecule has 1 fully saturated rings. The quantitative estimate of drug-likeness (QED) is 0.288. The molecule has 0 unspecified atom stereocenters. The molecule has 156 valence electrons. The summed E-state index contributed by atoms with van der Waals surface area (Å²) in [5, 5.41) is 35.7. The zero-order valence-corrected chi connectivity index (χ0v) is 18.1. The molecule has 3 N–H and O–H groups in total. The van der Waals surface area contributed by atoms with Crippen LogP contribution >= 0.6 is 0 Å². The molecule has 8 nitrogen and oxygen atoms in total. The van der Waals surface area contributed by atoms with Crippen molar-refractivity contribution in [2.45, 2.75) is 75.5 Å². The summed E-state index contributed by atoms with van der Waals surface area (Å²) in [6, 6.07) is 7.94. The average molecular weight is 410 g/mol. The Bertz CT molecular complexity index is 705. The minimum Gasteiger partial charge on any atom is -0.394 e. The minimum atomic E-state index is -2.34. The lowest BCUT2D eigenvalue weighted by Gasteiger charge is -2.51. The monoisotopic (exact) mass is 409 g/mol. The largest absolute Gasteiger partial charge is 0.394 e. The zero-order chi connectivity index (χ0) is 21.2. The molecule has 1 aliphatic rings. The highest BCUT2D eigenvalue weighted by atomic mass is 28.4. The summed E-state index contributed by atoms with van der Waals surface area (Å²) in [6.07, 6.45) is -3.59. The van der Waals surface area contributed by atoms with E-state index in [-0.39, 0.29) is 11.5 Å². The first kappa shape index (κ1) is 22.8. The van der Waals surface area contributed by atoms with Gasteiger partial charge in [0.25, 0.3) is 0 Å². The Morgan fingerprint density at radius 2 is 1.89 bits per heavy atom. The molecule has 1 aliphatic heterocycles. The van der Waals surface area contributed by atoms with Gasteiger partial charge in [0.2, 0.25) is 0 Å². The van der Waals surface area contributed by atoms with Crippen LogP contribution in [-0.2, 0) is 15.6 Å². The summed E-state index contributed by atoms with van der Waals surface area (Å²) in [5.41, 5.74) is 7.94. The van der Waals surface area contributed by atoms with Crippen LogP contribution in [-0.4, -0.2) is 60.4 Å². The first-order chi connectivity index (χ1) is 13.0. The number of azide groups is 1. The van der Waals surface area contributed by atoms with Crippen LogP contribution in [0.1, 0.15) is 26.3 Å². The van der Waals surface area contributed by atoms with E-state index < -0.39 is 45.1 Å². The molecular formula is C19H31N3O5Si. The van der Waals surface area contributed by atoms with Gasteiger partial charge in [-0.25, -0.2) is 0 Å². The molecular weight excluding hydrogens is 378 g/mol. The van der Waals surface area contributed by atoms with Crippen LogP contribution in [0.3, 0.4) is 0 Å². The Kier molecular flexibility index (Phi) is 6.93. The fourth-order valence-corrected chi connectivity index (χ4v) is 4.21. The maximum atomic E-state index is 11.3. The van der Waals surface area contributed by atoms with Crippen molar-refractivity contribution < 1.29 is 24.5 Å². The van der Waals surface area contributed by atoms with Crippen LogP contribution in [0.4, 0.5) is 0 Å². The number of nitrogens with zero attached hydrogens (tertiary/aromatic N) is 3. The molecule has 5 atom stereocenters. The SMILES string of the molecule is CC(C)(C)[Si](C)(C)O[C@H]1O[C@H](CO)[C@](O)(Cc2ccccc2)[C@H](O)[C@@H]1N=[N+]=[N-]. The Morgan fingerprint density at radius 1 is 1.29 bits per heavy atom. The van der Waals surface area contributed by atoms with E-state index in [1.54, 1.807) is 12.1 Å². The minimum absolute atomic E-state index is 0.0322. The van der Waals surface area contributed by atoms with Crippen LogP contribution in [0.25, 0.3) is 10.4 Å². The molecule has 0 saturated carbocycles. The molecule has 0 spiro atoms. The fraction of sp³-hybridized carbons (Fsp3) is 0.684. The molecule has 0 aliphatic carbocycles. The maximum absolute atomic E-state index is 11.3. The normalized spacial score (nSPS) is 31.3. The molecule has 28 heavy (non-hydrogen) atoms. The van der Waals surface area contributed by atoms with Gasteiger partial charge in [0.05, 0.1) is 12.7 Å². The lowest BCUT2D eigenvalue weighted by atomic mass is 9.79. The summed E-state index contributed by atoms with van der Waals surface area (Å²) in [5.74, 6) is 0. The van der Waals surface area contributed by atoms with Crippen molar-refractivity contribution in [3.8, 4) is 0 Å². The van der Waals surface area contributed by atoms with Crippen molar-refractivity contribution in [3.63, 3.8) is 0 Å². The Morgan fingerprint density at radius 3 is 2.39 bits per heavy atom. The number of benzene rings is 1. The first-order valence-electron chi connectivity index (χ1n) is 9.39. The van der Waals surface area contributed by atoms with E-state index in [4.69, 9.17) is 14.7 Å². The van der Waals surface area contributed by atoms with Crippen molar-refractivity contribution in [1.29, 1.82) is 0 Å². The van der Waals surface area contributed by atoms with Crippen LogP contribution in [0, 0.1) is 0 Å². The molecule has 0 bridgehead atoms. The highest BCUT2D eigenvalue weighted by molar-refractivity contribution is 6.74. The molecule has 0 amide bonds. The van der Waals surface area contributed by atoms with Gasteiger partial charge in [-0.05, 0) is 29.2 Å². The Hall–Kier alpha value is -1.45. The predicted molar refractivity (Wildman–Crippen MR) is 108 cm³/mol. The van der Waals surface area contributed by atoms with Crippen molar-refractivity contribution >= 4 is 8.32 Å². The van der Waals surface area contributed by atoms with E-state index >= 15 is 0 Å². The van der Waals surface area contributed by atoms with Crippen molar-refractivity contribution in [3.05, 3.63) is 46.3 Å². The molecule has 2 rings (SSSR count). The number of rotatable bonds is 6. The molecule has 1 saturated heterocycles. The molecule has 9 heteroatoms. The van der Waals surface area contributed by atoms with Gasteiger partial charge in [0.15, 0.2) is 14.6 Å². The topological polar surface area (TPSA) is 128 Å². The molecule has 0 radical (unpaired) electrons. The number of aliphatic hydroxyl groups excluding tert-OH is 2. The lowest BCUT2D eigenvalue weighted by Crippen LogP contribution is -2.68. The number of ether oxygens (including phenoxy) is 1. The smallest absolute Gasteiger partial charge is 0.195 e. The van der Waals surface area contributed by atoms with Crippen LogP contribution in [0.15, 0.2) is 35.4 Å². The first-order valence-corrected chi connectivity index (χ1v) is 12.3. The van der Waals surface area contributed by atoms with E-state index in [0.717, 1.165) is 5.56 Å². The van der Waals surface area contributed by atoms with Gasteiger partial charge in [0.1, 0.15) is 17.7 Å². The highest BCUT2D eigenvalue weighted by Gasteiger charge is 2.56. The van der Waals surface area contributed by atoms with Crippen molar-refractivity contribution in [1.82, 2.24) is 0 Å². The zero-order valence-electron chi connectivity index (χ0n) is 17.1. The third-order valence-corrected chi connectivity index (χ3v) is 10.3. The third kappa shape index (κ3) is 4.57. The second-order valence-corrected chi connectivity index (χ2v) is 13.6. The second-order valence-electron chi connectivity index (χ2n) is 8.85. The van der Waals surface area contributed by atoms with Crippen LogP contribution in [0.5, 0.6) is 0 Å². The van der Waals surface area contributed by atoms with E-state index in [1.165, 1.54) is 0 Å². The number of hydrogen-bond acceptors (Lipinski definition) is 6. The molecule has 1 aromatic rings. The lowest BCUT2D eigenvalue weighted by molar-refractivity contribution is -0.283. The fourth-order valence-electron chi connectivity index (χ4n) is 3.08. The predicted octanol–water partition coefficient (Wildman–Crippen LogP) is 2.74. The van der Waals surface area contributed by atoms with Gasteiger partial charge in [-0.1, -0.05) is 56.2 Å². The van der Waals surface area contributed by atoms with Crippen molar-refractivity contribution in [2.24, 2.45) is 5.11 Å². The second kappa shape index (κ2) is 8.50. The highest BCUT2D eigenvalue weighted by Crippen LogP contribution is 2.41. The van der Waals surface area contributed by atoms with Crippen molar-refractivity contribution in [2.75, 3.05) is 6.61 Å². The summed E-state index contributed by atoms with van der Waals surface area (Å²) < 4.78 is 12.1. The number of hydrogen-bond donors (Lipinski definition) is 3. The standard InChI is InChI=1S/C19H31N3O5Si/c1-18(2,3)28(4,5)27-17-15(21-22-20)16(24)19(25,14(12-23)26-17)11-13-9-7-6-8-10-13/h6-10,14-17,23-25H,11-12H2,1-5H3/t14-,15+,16-,17-,19-/m1/s1. The summed E-state index contributed by atoms with van der Waals surface area (Å²) in [4.78, 5) is 2.82. The van der Waals surface area contributed by atoms with E-state index in [1.807, 2.05) is 31.3 Å². The summed E-state index contributed by atoms with van der Waals surface area (Å²) >= 11 is 0. The Labute approximate surface area is 166 Å². The average Bonchev–Trinajstić information content (AvgIpc) is 2.61. The van der Waals surface area contributed by atoms with Crippen LogP contribution < -0.4 is 0 Å². The number of aliphatic hydroxyl groups is 3. The van der Waals surface area contributed by atoms with Gasteiger partial charge in [-0.2, -0.15) is 0 Å². The van der Waals surface area contributed by atoms with E-state index in [9.17, 15) is 15.3 Å². The van der Waals surface area contributed by atoms with E-state index in [2.05, 4.69) is 30.8 Å². The Balaban J connectivity index is 2.38. The summed E-state index contributed by atoms with van der Waals surface area (Å²) in [7, 11) is -2.34. The van der Waals surface area contributed by atoms with Gasteiger partial charge in [0, 0.05) is 11.3 Å². The molecule has 1 aromatic carbocycles. The maximum Gasteiger partial charge on any atom is 0.195 e. The van der Waals surface area contributed by atoms with Gasteiger partial charge in [-0.3, -0.25) is 0 Å². The third-order valence-electron chi connectivity index (χ3n) is 5.87. The van der Waals surface area contributed by atoms with Crippen LogP contribution in [0.2, 0.25) is 18.1 Å². The van der Waals surface area contributed by atoms with Gasteiger partial charge < -0.3 is 24.5 Å². The molecule has 1 heterocycles. The summed E-state index contributed by atoms with van der Waals surface area (Å²) in [6.45, 7) is 9.66. The van der Waals surface area contributed by atoms with Gasteiger partial charge >= 0.3 is 0 Å². The van der Waals surface area contributed by atoms with Gasteiger partial charge in [-0.15, -0.1) is 0 Å². The van der Waals surface area contributed by atoms with E-state index in [0.29, 0.717) is 0 Å².